The summed E-state index contributed by atoms with van der Waals surface area (Å²) >= 11 is 0. The third kappa shape index (κ3) is 7.30. The summed E-state index contributed by atoms with van der Waals surface area (Å²) in [6.45, 7) is 0. The number of nitriles is 2. The lowest BCUT2D eigenvalue weighted by Gasteiger charge is -1.82. The molecule has 0 radical (unpaired) electrons. The van der Waals surface area contributed by atoms with Crippen molar-refractivity contribution in [3.63, 3.8) is 0 Å². The Labute approximate surface area is 101 Å². The van der Waals surface area contributed by atoms with E-state index in [4.69, 9.17) is 21.6 Å². The van der Waals surface area contributed by atoms with Crippen LogP contribution in [0.2, 0.25) is 0 Å². The Morgan fingerprint density at radius 2 is 1.40 bits per heavy atom. The molecule has 0 fully saturated rings. The van der Waals surface area contributed by atoms with Gasteiger partial charge in [0.15, 0.2) is 9.04 Å². The van der Waals surface area contributed by atoms with E-state index in [9.17, 15) is 0 Å². The van der Waals surface area contributed by atoms with Crippen LogP contribution < -0.4 is 0 Å². The highest BCUT2D eigenvalue weighted by atomic mass is 33.8. The van der Waals surface area contributed by atoms with Crippen LogP contribution in [0.4, 0.5) is 0 Å². The first-order valence-corrected chi connectivity index (χ1v) is 9.57. The molecular weight excluding hydrogens is 296 g/mol. The molecule has 2 atom stereocenters. The van der Waals surface area contributed by atoms with Crippen molar-refractivity contribution >= 4 is 49.7 Å². The van der Waals surface area contributed by atoms with Crippen molar-refractivity contribution in [3.8, 4) is 10.8 Å². The van der Waals surface area contributed by atoms with Crippen molar-refractivity contribution < 1.29 is 0 Å². The van der Waals surface area contributed by atoms with Gasteiger partial charge in [0.2, 0.25) is 19.7 Å². The smallest absolute Gasteiger partial charge is 0.134 e. The molecule has 8 nitrogen and oxygen atoms in total. The number of hydrogen-bond acceptors (Lipinski definition) is 7. The molecule has 0 amide bonds. The molecule has 2 unspecified atom stereocenters. The molecule has 0 aromatic heterocycles. The maximum atomic E-state index is 8.49. The molecule has 0 rings (SSSR count). The topological polar surface area (TPSA) is 145 Å². The monoisotopic (exact) mass is 296 g/mol. The predicted octanol–water partition coefficient (Wildman–Crippen LogP) is 3.50. The molecule has 0 aliphatic heterocycles. The Balaban J connectivity index is 3.97. The number of azide groups is 2. The fourth-order valence-corrected chi connectivity index (χ4v) is 9.06. The Morgan fingerprint density at radius 1 is 1.00 bits per heavy atom. The molecule has 15 heavy (non-hydrogen) atoms. The van der Waals surface area contributed by atoms with E-state index < -0.39 is 20.2 Å². The van der Waals surface area contributed by atoms with Gasteiger partial charge in [0.1, 0.15) is 0 Å². The van der Waals surface area contributed by atoms with Crippen LogP contribution in [0.3, 0.4) is 0 Å². The van der Waals surface area contributed by atoms with Gasteiger partial charge in [-0.25, -0.2) is 0 Å². The summed E-state index contributed by atoms with van der Waals surface area (Å²) in [4.78, 5) is 4.98. The number of nitrogens with zero attached hydrogens (tertiary/aromatic N) is 8. The summed E-state index contributed by atoms with van der Waals surface area (Å²) in [6, 6.07) is 0. The second-order valence-electron chi connectivity index (χ2n) is 1.23. The Morgan fingerprint density at radius 3 is 1.67 bits per heavy atom. The summed E-state index contributed by atoms with van der Waals surface area (Å²) in [5.74, 6) is 0. The number of thiocyanates is 2. The third-order valence-electron chi connectivity index (χ3n) is 0.562. The van der Waals surface area contributed by atoms with Gasteiger partial charge in [-0.05, 0) is 0 Å². The Kier molecular flexibility index (Phi) is 9.46. The van der Waals surface area contributed by atoms with Gasteiger partial charge in [-0.3, -0.25) is 0 Å². The highest BCUT2D eigenvalue weighted by molar-refractivity contribution is 9.34. The number of hydrogen-bond donors (Lipinski definition) is 0. The zero-order chi connectivity index (χ0) is 11.5. The Bertz CT molecular complexity index is 331. The lowest BCUT2D eigenvalue weighted by atomic mass is 11.8. The zero-order valence-electron chi connectivity index (χ0n) is 6.62. The molecular formula is C2N8S5+2. The van der Waals surface area contributed by atoms with Gasteiger partial charge in [0.25, 0.3) is 0 Å². The van der Waals surface area contributed by atoms with Gasteiger partial charge < -0.3 is 0 Å². The highest BCUT2D eigenvalue weighted by Crippen LogP contribution is 2.44. The maximum Gasteiger partial charge on any atom is 0.351 e. The van der Waals surface area contributed by atoms with Crippen LogP contribution in [0.1, 0.15) is 0 Å². The first kappa shape index (κ1) is 14.3. The summed E-state index contributed by atoms with van der Waals surface area (Å²) in [6.07, 6.45) is 0. The summed E-state index contributed by atoms with van der Waals surface area (Å²) < 4.78 is 6.41. The van der Waals surface area contributed by atoms with Crippen LogP contribution in [0.15, 0.2) is 9.04 Å². The molecule has 0 aliphatic carbocycles. The zero-order valence-corrected chi connectivity index (χ0v) is 10.7. The van der Waals surface area contributed by atoms with Gasteiger partial charge >= 0.3 is 31.0 Å². The molecule has 0 saturated heterocycles. The lowest BCUT2D eigenvalue weighted by molar-refractivity contribution is 1.56. The van der Waals surface area contributed by atoms with Gasteiger partial charge in [-0.15, -0.1) is 10.5 Å². The maximum absolute atomic E-state index is 8.49. The largest absolute Gasteiger partial charge is 0.351 e. The van der Waals surface area contributed by atoms with E-state index in [0.717, 1.165) is 29.5 Å². The van der Waals surface area contributed by atoms with Crippen LogP contribution in [0, 0.1) is 21.3 Å². The molecule has 0 heterocycles. The molecule has 0 N–H and O–H groups in total. The minimum Gasteiger partial charge on any atom is -0.134 e. The van der Waals surface area contributed by atoms with Crippen LogP contribution in [-0.4, -0.2) is 0 Å². The average Bonchev–Trinajstić information content (AvgIpc) is 2.26. The average molecular weight is 296 g/mol. The van der Waals surface area contributed by atoms with E-state index in [-0.39, 0.29) is 0 Å². The van der Waals surface area contributed by atoms with E-state index >= 15 is 0 Å². The normalized spacial score (nSPS) is 12.1. The van der Waals surface area contributed by atoms with Crippen molar-refractivity contribution in [1.82, 2.24) is 0 Å². The van der Waals surface area contributed by atoms with E-state index in [0.29, 0.717) is 0 Å². The standard InChI is InChI=1S/C2N8S5/c3-1-14(9-7-5)12-11-13-15(2-4)10-8-6/q+2. The molecule has 76 valence electrons. The minimum atomic E-state index is -1.12. The van der Waals surface area contributed by atoms with Crippen molar-refractivity contribution in [2.24, 2.45) is 9.04 Å². The van der Waals surface area contributed by atoms with Crippen LogP contribution in [-0.2, 0) is 20.2 Å². The quantitative estimate of drug-likeness (QED) is 0.184. The molecule has 0 aromatic rings. The molecule has 0 bridgehead atoms. The molecule has 13 heteroatoms. The van der Waals surface area contributed by atoms with Crippen molar-refractivity contribution in [2.45, 2.75) is 0 Å². The molecule has 0 aliphatic rings. The van der Waals surface area contributed by atoms with E-state index in [1.807, 2.05) is 0 Å². The summed E-state index contributed by atoms with van der Waals surface area (Å²) in [5, 5.41) is 20.5. The first-order valence-electron chi connectivity index (χ1n) is 2.69. The van der Waals surface area contributed by atoms with Crippen molar-refractivity contribution in [1.29, 1.82) is 10.5 Å². The molecule has 0 aromatic carbocycles. The fraction of sp³-hybridized carbons (Fsp3) is 0. The van der Waals surface area contributed by atoms with Crippen LogP contribution in [0.25, 0.3) is 20.9 Å². The van der Waals surface area contributed by atoms with Gasteiger partial charge in [-0.2, -0.15) is 0 Å². The third-order valence-corrected chi connectivity index (χ3v) is 9.96. The van der Waals surface area contributed by atoms with Gasteiger partial charge in [-0.1, -0.05) is 0 Å². The first-order chi connectivity index (χ1) is 7.28. The van der Waals surface area contributed by atoms with Gasteiger partial charge in [0, 0.05) is 11.1 Å². The lowest BCUT2D eigenvalue weighted by Crippen LogP contribution is -1.81. The number of rotatable bonds is 6. The fourth-order valence-electron chi connectivity index (χ4n) is 0.224. The van der Waals surface area contributed by atoms with Crippen LogP contribution >= 0.6 is 29.5 Å². The molecule has 0 spiro atoms. The van der Waals surface area contributed by atoms with E-state index in [1.54, 1.807) is 10.8 Å². The highest BCUT2D eigenvalue weighted by Gasteiger charge is 2.28. The summed E-state index contributed by atoms with van der Waals surface area (Å²) in [7, 11) is 0.868. The second-order valence-corrected chi connectivity index (χ2v) is 10.1. The predicted molar refractivity (Wildman–Crippen MR) is 67.0 cm³/mol. The second kappa shape index (κ2) is 9.89. The van der Waals surface area contributed by atoms with Crippen molar-refractivity contribution in [2.75, 3.05) is 0 Å². The SMILES string of the molecule is N#C[S+](N=[N+]=[N-])SSS[S+](C#N)N=[N+]=[N-]. The Hall–Kier alpha value is -0.650. The van der Waals surface area contributed by atoms with Crippen molar-refractivity contribution in [3.05, 3.63) is 20.9 Å². The minimum absolute atomic E-state index is 1.01. The van der Waals surface area contributed by atoms with Gasteiger partial charge in [0.05, 0.1) is 19.6 Å². The van der Waals surface area contributed by atoms with Crippen LogP contribution in [0.5, 0.6) is 0 Å². The van der Waals surface area contributed by atoms with E-state index in [1.165, 1.54) is 0 Å². The molecule has 0 saturated carbocycles. The summed E-state index contributed by atoms with van der Waals surface area (Å²) in [5.41, 5.74) is 16.1. The van der Waals surface area contributed by atoms with E-state index in [2.05, 4.69) is 18.9 Å².